The van der Waals surface area contributed by atoms with Gasteiger partial charge >= 0.3 is 0 Å². The molecule has 3 heterocycles. The summed E-state index contributed by atoms with van der Waals surface area (Å²) in [7, 11) is 1.61. The zero-order valence-electron chi connectivity index (χ0n) is 18.3. The van der Waals surface area contributed by atoms with Gasteiger partial charge in [0, 0.05) is 28.4 Å². The molecule has 0 saturated heterocycles. The number of pyridine rings is 1. The molecule has 0 unspecified atom stereocenters. The van der Waals surface area contributed by atoms with Crippen molar-refractivity contribution in [2.24, 2.45) is 5.41 Å². The van der Waals surface area contributed by atoms with E-state index in [1.807, 2.05) is 70.3 Å². The van der Waals surface area contributed by atoms with Crippen LogP contribution in [0.1, 0.15) is 26.3 Å². The Bertz CT molecular complexity index is 1270. The summed E-state index contributed by atoms with van der Waals surface area (Å²) in [6.07, 6.45) is 5.29. The number of ether oxygens (including phenoxy) is 1. The number of carbonyl (C=O) groups excluding carboxylic acids is 1. The maximum Gasteiger partial charge on any atom is 0.229 e. The number of aromatic nitrogens is 4. The van der Waals surface area contributed by atoms with E-state index in [0.717, 1.165) is 39.4 Å². The van der Waals surface area contributed by atoms with E-state index < -0.39 is 5.41 Å². The van der Waals surface area contributed by atoms with Crippen molar-refractivity contribution < 1.29 is 9.53 Å². The molecule has 0 radical (unpaired) electrons. The number of amides is 1. The molecule has 0 bridgehead atoms. The third-order valence-corrected chi connectivity index (χ3v) is 5.03. The molecular weight excluding hydrogens is 390 g/mol. The molecule has 0 aliphatic carbocycles. The first-order valence-corrected chi connectivity index (χ1v) is 10.0. The summed E-state index contributed by atoms with van der Waals surface area (Å²) in [6.45, 7) is 7.65. The van der Waals surface area contributed by atoms with Crippen LogP contribution in [-0.4, -0.2) is 32.6 Å². The van der Waals surface area contributed by atoms with Crippen LogP contribution < -0.4 is 10.1 Å². The Labute approximate surface area is 181 Å². The highest BCUT2D eigenvalue weighted by Crippen LogP contribution is 2.27. The van der Waals surface area contributed by atoms with Crippen molar-refractivity contribution in [1.29, 1.82) is 0 Å². The van der Waals surface area contributed by atoms with E-state index in [-0.39, 0.29) is 5.91 Å². The number of aryl methyl sites for hydroxylation is 1. The molecule has 4 rings (SSSR count). The van der Waals surface area contributed by atoms with Gasteiger partial charge in [-0.1, -0.05) is 32.9 Å². The Morgan fingerprint density at radius 2 is 1.84 bits per heavy atom. The Morgan fingerprint density at radius 1 is 1.03 bits per heavy atom. The monoisotopic (exact) mass is 415 g/mol. The van der Waals surface area contributed by atoms with E-state index in [1.54, 1.807) is 24.0 Å². The molecule has 0 saturated carbocycles. The molecule has 1 amide bonds. The van der Waals surface area contributed by atoms with Crippen molar-refractivity contribution in [3.63, 3.8) is 0 Å². The molecule has 4 aromatic rings. The normalized spacial score (nSPS) is 11.5. The first-order valence-electron chi connectivity index (χ1n) is 10.0. The zero-order valence-corrected chi connectivity index (χ0v) is 18.3. The molecule has 0 spiro atoms. The van der Waals surface area contributed by atoms with Crippen LogP contribution in [-0.2, 0) is 4.79 Å². The number of anilines is 1. The lowest BCUT2D eigenvalue weighted by atomic mass is 9.95. The van der Waals surface area contributed by atoms with Crippen LogP contribution >= 0.6 is 0 Å². The topological polar surface area (TPSA) is 81.4 Å². The SMILES string of the molecule is COc1cncc(-c2ccc3nc(-c4ccc(C)c(NC(=O)C(C)(C)C)c4)cn3n2)c1. The van der Waals surface area contributed by atoms with Gasteiger partial charge in [-0.25, -0.2) is 9.50 Å². The van der Waals surface area contributed by atoms with Gasteiger partial charge < -0.3 is 10.1 Å². The van der Waals surface area contributed by atoms with Crippen LogP contribution in [0.25, 0.3) is 28.2 Å². The molecule has 7 heteroatoms. The molecule has 7 nitrogen and oxygen atoms in total. The molecule has 0 aliphatic heterocycles. The second kappa shape index (κ2) is 7.83. The smallest absolute Gasteiger partial charge is 0.229 e. The molecule has 0 aliphatic rings. The molecule has 0 fully saturated rings. The second-order valence-electron chi connectivity index (χ2n) is 8.49. The van der Waals surface area contributed by atoms with Crippen LogP contribution in [0.3, 0.4) is 0 Å². The predicted octanol–water partition coefficient (Wildman–Crippen LogP) is 4.76. The van der Waals surface area contributed by atoms with Gasteiger partial charge in [0.05, 0.1) is 30.9 Å². The minimum absolute atomic E-state index is 0.0269. The van der Waals surface area contributed by atoms with Gasteiger partial charge in [0.1, 0.15) is 5.75 Å². The highest BCUT2D eigenvalue weighted by atomic mass is 16.5. The number of hydrogen-bond acceptors (Lipinski definition) is 5. The number of carbonyl (C=O) groups is 1. The number of nitrogens with zero attached hydrogens (tertiary/aromatic N) is 4. The fourth-order valence-electron chi connectivity index (χ4n) is 3.07. The standard InChI is InChI=1S/C24H25N5O2/c1-15-6-7-16(11-20(15)27-23(30)24(2,3)4)21-14-29-22(26-21)9-8-19(28-29)17-10-18(31-5)13-25-12-17/h6-14H,1-5H3,(H,27,30). The number of fused-ring (bicyclic) bond motifs is 1. The molecule has 158 valence electrons. The van der Waals surface area contributed by atoms with Crippen molar-refractivity contribution in [2.75, 3.05) is 12.4 Å². The van der Waals surface area contributed by atoms with Crippen molar-refractivity contribution in [3.05, 3.63) is 60.6 Å². The van der Waals surface area contributed by atoms with Crippen molar-refractivity contribution in [3.8, 4) is 28.3 Å². The van der Waals surface area contributed by atoms with Gasteiger partial charge in [-0.3, -0.25) is 9.78 Å². The maximum atomic E-state index is 12.4. The molecule has 1 aromatic carbocycles. The van der Waals surface area contributed by atoms with Crippen molar-refractivity contribution in [1.82, 2.24) is 19.6 Å². The summed E-state index contributed by atoms with van der Waals surface area (Å²) < 4.78 is 7.00. The van der Waals surface area contributed by atoms with Crippen LogP contribution in [0.4, 0.5) is 5.69 Å². The largest absolute Gasteiger partial charge is 0.495 e. The van der Waals surface area contributed by atoms with Crippen LogP contribution in [0, 0.1) is 12.3 Å². The van der Waals surface area contributed by atoms with Crippen LogP contribution in [0.15, 0.2) is 55.0 Å². The predicted molar refractivity (Wildman–Crippen MR) is 121 cm³/mol. The van der Waals surface area contributed by atoms with Gasteiger partial charge in [-0.2, -0.15) is 5.10 Å². The number of methoxy groups -OCH3 is 1. The lowest BCUT2D eigenvalue weighted by Gasteiger charge is -2.19. The van der Waals surface area contributed by atoms with Gasteiger partial charge in [0.2, 0.25) is 5.91 Å². The van der Waals surface area contributed by atoms with E-state index in [4.69, 9.17) is 9.72 Å². The summed E-state index contributed by atoms with van der Waals surface area (Å²) in [6, 6.07) is 11.7. The lowest BCUT2D eigenvalue weighted by Crippen LogP contribution is -2.27. The Hall–Kier alpha value is -3.74. The fraction of sp³-hybridized carbons (Fsp3) is 0.250. The van der Waals surface area contributed by atoms with Crippen LogP contribution in [0.5, 0.6) is 5.75 Å². The molecule has 1 N–H and O–H groups in total. The van der Waals surface area contributed by atoms with E-state index in [1.165, 1.54) is 0 Å². The summed E-state index contributed by atoms with van der Waals surface area (Å²) in [5.74, 6) is 0.649. The number of imidazole rings is 1. The van der Waals surface area contributed by atoms with E-state index >= 15 is 0 Å². The zero-order chi connectivity index (χ0) is 22.2. The first-order chi connectivity index (χ1) is 14.7. The third kappa shape index (κ3) is 4.26. The summed E-state index contributed by atoms with van der Waals surface area (Å²) >= 11 is 0. The van der Waals surface area contributed by atoms with Gasteiger partial charge in [-0.05, 0) is 36.8 Å². The summed E-state index contributed by atoms with van der Waals surface area (Å²) in [5, 5.41) is 7.70. The van der Waals surface area contributed by atoms with Gasteiger partial charge in [-0.15, -0.1) is 0 Å². The van der Waals surface area contributed by atoms with E-state index in [0.29, 0.717) is 5.75 Å². The summed E-state index contributed by atoms with van der Waals surface area (Å²) in [4.78, 5) is 21.3. The van der Waals surface area contributed by atoms with Crippen molar-refractivity contribution >= 4 is 17.2 Å². The quantitative estimate of drug-likeness (QED) is 0.520. The minimum atomic E-state index is -0.471. The molecule has 0 atom stereocenters. The number of rotatable bonds is 4. The maximum absolute atomic E-state index is 12.4. The van der Waals surface area contributed by atoms with Gasteiger partial charge in [0.15, 0.2) is 5.65 Å². The Balaban J connectivity index is 1.69. The third-order valence-electron chi connectivity index (χ3n) is 5.03. The minimum Gasteiger partial charge on any atom is -0.495 e. The Kier molecular flexibility index (Phi) is 5.19. The van der Waals surface area contributed by atoms with Crippen molar-refractivity contribution in [2.45, 2.75) is 27.7 Å². The van der Waals surface area contributed by atoms with Gasteiger partial charge in [0.25, 0.3) is 0 Å². The van der Waals surface area contributed by atoms with Crippen LogP contribution in [0.2, 0.25) is 0 Å². The lowest BCUT2D eigenvalue weighted by molar-refractivity contribution is -0.123. The summed E-state index contributed by atoms with van der Waals surface area (Å²) in [5.41, 5.74) is 5.35. The second-order valence-corrected chi connectivity index (χ2v) is 8.49. The molecular formula is C24H25N5O2. The average molecular weight is 415 g/mol. The molecule has 3 aromatic heterocycles. The Morgan fingerprint density at radius 3 is 2.58 bits per heavy atom. The van der Waals surface area contributed by atoms with E-state index in [2.05, 4.69) is 15.4 Å². The average Bonchev–Trinajstić information content (AvgIpc) is 3.18. The molecule has 31 heavy (non-hydrogen) atoms. The number of nitrogens with one attached hydrogen (secondary N) is 1. The number of hydrogen-bond donors (Lipinski definition) is 1. The number of benzene rings is 1. The first kappa shape index (κ1) is 20.5. The fourth-order valence-corrected chi connectivity index (χ4v) is 3.07. The highest BCUT2D eigenvalue weighted by molar-refractivity contribution is 5.95. The van der Waals surface area contributed by atoms with E-state index in [9.17, 15) is 4.79 Å². The highest BCUT2D eigenvalue weighted by Gasteiger charge is 2.22.